The zero-order chi connectivity index (χ0) is 20.0. The molecule has 0 radical (unpaired) electrons. The van der Waals surface area contributed by atoms with Crippen molar-refractivity contribution in [2.45, 2.75) is 56.5 Å². The quantitative estimate of drug-likeness (QED) is 0.633. The van der Waals surface area contributed by atoms with Crippen molar-refractivity contribution in [3.63, 3.8) is 0 Å². The first kappa shape index (κ1) is 18.6. The summed E-state index contributed by atoms with van der Waals surface area (Å²) in [7, 11) is 1.55. The van der Waals surface area contributed by atoms with E-state index in [-0.39, 0.29) is 17.7 Å². The largest absolute Gasteiger partial charge is 0.497 e. The summed E-state index contributed by atoms with van der Waals surface area (Å²) < 4.78 is 21.7. The van der Waals surface area contributed by atoms with Crippen LogP contribution in [0, 0.1) is 11.7 Å². The number of halogens is 1. The number of fused-ring (bicyclic) bond motifs is 1. The molecule has 0 bridgehead atoms. The molecule has 1 N–H and O–H groups in total. The minimum absolute atomic E-state index is 0.187. The van der Waals surface area contributed by atoms with Gasteiger partial charge >= 0.3 is 0 Å². The van der Waals surface area contributed by atoms with Crippen LogP contribution in [0.15, 0.2) is 42.9 Å². The van der Waals surface area contributed by atoms with Crippen LogP contribution in [-0.4, -0.2) is 21.6 Å². The molecule has 0 aliphatic heterocycles. The molecule has 5 heteroatoms. The lowest BCUT2D eigenvalue weighted by Gasteiger charge is -2.33. The third kappa shape index (κ3) is 3.42. The van der Waals surface area contributed by atoms with E-state index in [1.165, 1.54) is 24.5 Å². The van der Waals surface area contributed by atoms with Gasteiger partial charge in [-0.05, 0) is 79.5 Å². The summed E-state index contributed by atoms with van der Waals surface area (Å²) in [6.07, 6.45) is 9.12. The van der Waals surface area contributed by atoms with Crippen LogP contribution in [0.25, 0.3) is 5.52 Å². The monoisotopic (exact) mass is 394 g/mol. The molecule has 4 nitrogen and oxygen atoms in total. The number of hydrogen-bond acceptors (Lipinski definition) is 3. The summed E-state index contributed by atoms with van der Waals surface area (Å²) >= 11 is 0. The second kappa shape index (κ2) is 7.45. The van der Waals surface area contributed by atoms with Crippen LogP contribution in [0.4, 0.5) is 4.39 Å². The first-order valence-electron chi connectivity index (χ1n) is 10.6. The van der Waals surface area contributed by atoms with Gasteiger partial charge in [-0.3, -0.25) is 0 Å². The Hall–Kier alpha value is -2.40. The lowest BCUT2D eigenvalue weighted by molar-refractivity contribution is 0.0752. The Labute approximate surface area is 170 Å². The molecule has 29 heavy (non-hydrogen) atoms. The van der Waals surface area contributed by atoms with E-state index in [1.54, 1.807) is 7.11 Å². The molecule has 1 unspecified atom stereocenters. The summed E-state index contributed by atoms with van der Waals surface area (Å²) in [4.78, 5) is 4.29. The average Bonchev–Trinajstić information content (AvgIpc) is 3.49. The van der Waals surface area contributed by atoms with E-state index in [4.69, 9.17) is 4.74 Å². The zero-order valence-corrected chi connectivity index (χ0v) is 16.7. The molecule has 2 aliphatic carbocycles. The van der Waals surface area contributed by atoms with Crippen molar-refractivity contribution in [2.75, 3.05) is 7.11 Å². The summed E-state index contributed by atoms with van der Waals surface area (Å²) in [6.45, 7) is 0. The molecule has 0 spiro atoms. The average molecular weight is 394 g/mol. The number of pyridine rings is 1. The number of imidazole rings is 1. The summed E-state index contributed by atoms with van der Waals surface area (Å²) in [5.74, 6) is 1.33. The highest BCUT2D eigenvalue weighted by Gasteiger charge is 2.34. The van der Waals surface area contributed by atoms with Crippen LogP contribution in [0.1, 0.15) is 73.3 Å². The first-order chi connectivity index (χ1) is 14.2. The zero-order valence-electron chi connectivity index (χ0n) is 16.7. The van der Waals surface area contributed by atoms with Crippen molar-refractivity contribution in [3.8, 4) is 5.75 Å². The standard InChI is InChI=1S/C24H27FN2O2/c1-29-19-9-11-20(22(25)12-19)15-4-6-17(7-5-15)24(28)23-21(16-2-3-16)10-8-18-13-26-14-27(18)23/h8-17,24,28H,2-7H2,1H3. The Morgan fingerprint density at radius 2 is 1.72 bits per heavy atom. The van der Waals surface area contributed by atoms with E-state index in [0.717, 1.165) is 42.5 Å². The maximum Gasteiger partial charge on any atom is 0.130 e. The van der Waals surface area contributed by atoms with Crippen LogP contribution < -0.4 is 4.74 Å². The van der Waals surface area contributed by atoms with Crippen LogP contribution in [0.3, 0.4) is 0 Å². The molecule has 1 aromatic carbocycles. The molecule has 0 saturated heterocycles. The topological polar surface area (TPSA) is 46.8 Å². The Morgan fingerprint density at radius 3 is 2.41 bits per heavy atom. The maximum absolute atomic E-state index is 14.5. The Bertz CT molecular complexity index is 1020. The van der Waals surface area contributed by atoms with Crippen LogP contribution in [0.2, 0.25) is 0 Å². The third-order valence-corrected chi connectivity index (χ3v) is 6.82. The van der Waals surface area contributed by atoms with Gasteiger partial charge in [0.05, 0.1) is 36.9 Å². The fourth-order valence-electron chi connectivity index (χ4n) is 5.02. The SMILES string of the molecule is COc1ccc(C2CCC(C(O)c3c(C4CC4)ccc4cncn34)CC2)c(F)c1. The highest BCUT2D eigenvalue weighted by atomic mass is 19.1. The van der Waals surface area contributed by atoms with Gasteiger partial charge in [-0.25, -0.2) is 9.37 Å². The molecule has 152 valence electrons. The second-order valence-corrected chi connectivity index (χ2v) is 8.58. The van der Waals surface area contributed by atoms with Gasteiger partial charge in [0.1, 0.15) is 11.6 Å². The number of ether oxygens (including phenoxy) is 1. The van der Waals surface area contributed by atoms with Gasteiger partial charge in [0.2, 0.25) is 0 Å². The van der Waals surface area contributed by atoms with Gasteiger partial charge in [0.25, 0.3) is 0 Å². The molecule has 0 amide bonds. The highest BCUT2D eigenvalue weighted by Crippen LogP contribution is 2.47. The van der Waals surface area contributed by atoms with Gasteiger partial charge in [0, 0.05) is 6.07 Å². The number of aliphatic hydroxyl groups excluding tert-OH is 1. The molecule has 2 aliphatic rings. The fourth-order valence-corrected chi connectivity index (χ4v) is 5.02. The molecule has 5 rings (SSSR count). The maximum atomic E-state index is 14.5. The van der Waals surface area contributed by atoms with Crippen molar-refractivity contribution in [1.82, 2.24) is 9.38 Å². The number of nitrogens with zero attached hydrogens (tertiary/aromatic N) is 2. The van der Waals surface area contributed by atoms with Gasteiger partial charge in [-0.2, -0.15) is 0 Å². The number of benzene rings is 1. The minimum Gasteiger partial charge on any atom is -0.497 e. The van der Waals surface area contributed by atoms with Crippen molar-refractivity contribution in [2.24, 2.45) is 5.92 Å². The van der Waals surface area contributed by atoms with Crippen LogP contribution in [0.5, 0.6) is 5.75 Å². The molecular formula is C24H27FN2O2. The lowest BCUT2D eigenvalue weighted by atomic mass is 9.75. The van der Waals surface area contributed by atoms with E-state index in [2.05, 4.69) is 21.5 Å². The van der Waals surface area contributed by atoms with Crippen LogP contribution >= 0.6 is 0 Å². The van der Waals surface area contributed by atoms with Crippen LogP contribution in [-0.2, 0) is 0 Å². The molecule has 2 heterocycles. The molecular weight excluding hydrogens is 367 g/mol. The lowest BCUT2D eigenvalue weighted by Crippen LogP contribution is -2.22. The summed E-state index contributed by atoms with van der Waals surface area (Å²) in [5.41, 5.74) is 4.08. The highest BCUT2D eigenvalue weighted by molar-refractivity contribution is 5.50. The van der Waals surface area contributed by atoms with Gasteiger partial charge in [-0.15, -0.1) is 0 Å². The Kier molecular flexibility index (Phi) is 4.78. The third-order valence-electron chi connectivity index (χ3n) is 6.82. The smallest absolute Gasteiger partial charge is 0.130 e. The van der Waals surface area contributed by atoms with Crippen molar-refractivity contribution >= 4 is 5.52 Å². The molecule has 3 aromatic rings. The predicted octanol–water partition coefficient (Wildman–Crippen LogP) is 5.37. The molecule has 1 atom stereocenters. The fraction of sp³-hybridized carbons (Fsp3) is 0.458. The summed E-state index contributed by atoms with van der Waals surface area (Å²) in [5, 5.41) is 11.4. The van der Waals surface area contributed by atoms with Gasteiger partial charge in [-0.1, -0.05) is 12.1 Å². The number of rotatable bonds is 5. The predicted molar refractivity (Wildman–Crippen MR) is 110 cm³/mol. The van der Waals surface area contributed by atoms with Crippen molar-refractivity contribution < 1.29 is 14.2 Å². The van der Waals surface area contributed by atoms with E-state index in [1.807, 2.05) is 24.7 Å². The summed E-state index contributed by atoms with van der Waals surface area (Å²) in [6, 6.07) is 9.43. The van der Waals surface area contributed by atoms with Crippen molar-refractivity contribution in [1.29, 1.82) is 0 Å². The second-order valence-electron chi connectivity index (χ2n) is 8.58. The Morgan fingerprint density at radius 1 is 1.03 bits per heavy atom. The normalized spacial score (nSPS) is 23.3. The minimum atomic E-state index is -0.509. The molecule has 2 aromatic heterocycles. The van der Waals surface area contributed by atoms with Crippen molar-refractivity contribution in [3.05, 3.63) is 65.5 Å². The van der Waals surface area contributed by atoms with E-state index in [9.17, 15) is 9.50 Å². The number of hydrogen-bond donors (Lipinski definition) is 1. The van der Waals surface area contributed by atoms with E-state index >= 15 is 0 Å². The molecule has 2 saturated carbocycles. The molecule has 2 fully saturated rings. The van der Waals surface area contributed by atoms with Gasteiger partial charge < -0.3 is 14.2 Å². The van der Waals surface area contributed by atoms with E-state index in [0.29, 0.717) is 11.7 Å². The van der Waals surface area contributed by atoms with Gasteiger partial charge in [0.15, 0.2) is 0 Å². The first-order valence-corrected chi connectivity index (χ1v) is 10.6. The number of aromatic nitrogens is 2. The number of aliphatic hydroxyl groups is 1. The Balaban J connectivity index is 1.36. The number of methoxy groups -OCH3 is 1. The van der Waals surface area contributed by atoms with E-state index < -0.39 is 6.10 Å².